The number of ketones is 1. The van der Waals surface area contributed by atoms with Crippen LogP contribution >= 0.6 is 0 Å². The second-order valence-corrected chi connectivity index (χ2v) is 8.07. The van der Waals surface area contributed by atoms with E-state index in [2.05, 4.69) is 13.8 Å². The van der Waals surface area contributed by atoms with Gasteiger partial charge in [0.2, 0.25) is 0 Å². The molecular formula is C24H46O3. The van der Waals surface area contributed by atoms with Gasteiger partial charge in [-0.2, -0.15) is 0 Å². The van der Waals surface area contributed by atoms with E-state index in [0.717, 1.165) is 25.7 Å². The van der Waals surface area contributed by atoms with E-state index in [1.165, 1.54) is 84.0 Å². The highest BCUT2D eigenvalue weighted by Gasteiger charge is 2.24. The van der Waals surface area contributed by atoms with Gasteiger partial charge in [0.15, 0.2) is 0 Å². The fourth-order valence-electron chi connectivity index (χ4n) is 3.48. The van der Waals surface area contributed by atoms with Crippen molar-refractivity contribution in [3.05, 3.63) is 0 Å². The van der Waals surface area contributed by atoms with Crippen LogP contribution in [-0.4, -0.2) is 18.4 Å². The molecule has 0 radical (unpaired) electrons. The van der Waals surface area contributed by atoms with E-state index in [0.29, 0.717) is 13.0 Å². The van der Waals surface area contributed by atoms with Gasteiger partial charge in [-0.3, -0.25) is 9.59 Å². The van der Waals surface area contributed by atoms with Crippen molar-refractivity contribution in [1.29, 1.82) is 0 Å². The molecule has 0 aliphatic rings. The van der Waals surface area contributed by atoms with Crippen LogP contribution in [0.5, 0.6) is 0 Å². The second-order valence-electron chi connectivity index (χ2n) is 8.07. The summed E-state index contributed by atoms with van der Waals surface area (Å²) in [6.45, 7) is 6.44. The van der Waals surface area contributed by atoms with E-state index in [1.54, 1.807) is 0 Å². The average Bonchev–Trinajstić information content (AvgIpc) is 2.65. The number of unbranched alkanes of at least 4 members (excludes halogenated alkanes) is 14. The lowest BCUT2D eigenvalue weighted by molar-refractivity contribution is -0.152. The third-order valence-electron chi connectivity index (χ3n) is 5.36. The standard InChI is InChI=1S/C24H46O3/c1-4-6-8-10-12-13-14-15-16-18-20-23(22(3)25)24(26)27-21-19-17-11-9-7-5-2/h23H,4-21H2,1-3H3. The maximum atomic E-state index is 12.2. The molecular weight excluding hydrogens is 336 g/mol. The van der Waals surface area contributed by atoms with E-state index in [-0.39, 0.29) is 11.8 Å². The van der Waals surface area contributed by atoms with Crippen molar-refractivity contribution < 1.29 is 14.3 Å². The molecule has 0 rings (SSSR count). The van der Waals surface area contributed by atoms with E-state index >= 15 is 0 Å². The molecule has 1 atom stereocenters. The van der Waals surface area contributed by atoms with E-state index < -0.39 is 5.92 Å². The first-order chi connectivity index (χ1) is 13.1. The summed E-state index contributed by atoms with van der Waals surface area (Å²) in [7, 11) is 0. The van der Waals surface area contributed by atoms with Crippen LogP contribution in [0.2, 0.25) is 0 Å². The molecule has 27 heavy (non-hydrogen) atoms. The Bertz CT molecular complexity index is 352. The Morgan fingerprint density at radius 1 is 0.630 bits per heavy atom. The van der Waals surface area contributed by atoms with Crippen molar-refractivity contribution in [2.24, 2.45) is 5.92 Å². The molecule has 3 nitrogen and oxygen atoms in total. The van der Waals surface area contributed by atoms with Crippen LogP contribution in [0.1, 0.15) is 130 Å². The Morgan fingerprint density at radius 2 is 1.04 bits per heavy atom. The Labute approximate surface area is 169 Å². The molecule has 0 aromatic rings. The fraction of sp³-hybridized carbons (Fsp3) is 0.917. The first-order valence-corrected chi connectivity index (χ1v) is 11.8. The summed E-state index contributed by atoms with van der Waals surface area (Å²) in [4.78, 5) is 24.0. The molecule has 0 saturated carbocycles. The van der Waals surface area contributed by atoms with E-state index in [9.17, 15) is 9.59 Å². The number of rotatable bonds is 20. The van der Waals surface area contributed by atoms with Gasteiger partial charge in [0, 0.05) is 0 Å². The molecule has 0 amide bonds. The van der Waals surface area contributed by atoms with Crippen molar-refractivity contribution in [2.45, 2.75) is 130 Å². The van der Waals surface area contributed by atoms with Crippen LogP contribution in [0.15, 0.2) is 0 Å². The van der Waals surface area contributed by atoms with Crippen LogP contribution in [0.4, 0.5) is 0 Å². The highest BCUT2D eigenvalue weighted by atomic mass is 16.5. The molecule has 160 valence electrons. The lowest BCUT2D eigenvalue weighted by Gasteiger charge is -2.13. The maximum Gasteiger partial charge on any atom is 0.316 e. The van der Waals surface area contributed by atoms with Crippen LogP contribution in [-0.2, 0) is 14.3 Å². The third-order valence-corrected chi connectivity index (χ3v) is 5.36. The zero-order valence-corrected chi connectivity index (χ0v) is 18.5. The van der Waals surface area contributed by atoms with Gasteiger partial charge >= 0.3 is 5.97 Å². The van der Waals surface area contributed by atoms with Crippen molar-refractivity contribution in [3.63, 3.8) is 0 Å². The third kappa shape index (κ3) is 17.0. The van der Waals surface area contributed by atoms with Gasteiger partial charge in [0.05, 0.1) is 6.61 Å². The first kappa shape index (κ1) is 26.1. The molecule has 0 aromatic carbocycles. The van der Waals surface area contributed by atoms with Crippen molar-refractivity contribution in [3.8, 4) is 0 Å². The molecule has 0 aromatic heterocycles. The minimum Gasteiger partial charge on any atom is -0.465 e. The monoisotopic (exact) mass is 382 g/mol. The minimum atomic E-state index is -0.542. The summed E-state index contributed by atoms with van der Waals surface area (Å²) >= 11 is 0. The number of carbonyl (C=O) groups is 2. The number of ether oxygens (including phenoxy) is 1. The molecule has 0 spiro atoms. The summed E-state index contributed by atoms with van der Waals surface area (Å²) in [5, 5.41) is 0. The topological polar surface area (TPSA) is 43.4 Å². The Balaban J connectivity index is 3.68. The van der Waals surface area contributed by atoms with Gasteiger partial charge in [0.25, 0.3) is 0 Å². The van der Waals surface area contributed by atoms with Crippen molar-refractivity contribution in [2.75, 3.05) is 6.61 Å². The van der Waals surface area contributed by atoms with Crippen LogP contribution in [0.25, 0.3) is 0 Å². The summed E-state index contributed by atoms with van der Waals surface area (Å²) < 4.78 is 5.35. The zero-order valence-electron chi connectivity index (χ0n) is 18.5. The summed E-state index contributed by atoms with van der Waals surface area (Å²) in [5.74, 6) is -0.884. The fourth-order valence-corrected chi connectivity index (χ4v) is 3.48. The molecule has 3 heteroatoms. The van der Waals surface area contributed by atoms with Gasteiger partial charge in [-0.1, -0.05) is 110 Å². The maximum absolute atomic E-state index is 12.2. The summed E-state index contributed by atoms with van der Waals surface area (Å²) in [6, 6.07) is 0. The number of hydrogen-bond donors (Lipinski definition) is 0. The highest BCUT2D eigenvalue weighted by molar-refractivity contribution is 5.97. The Kier molecular flexibility index (Phi) is 19.3. The highest BCUT2D eigenvalue weighted by Crippen LogP contribution is 2.16. The first-order valence-electron chi connectivity index (χ1n) is 11.8. The summed E-state index contributed by atoms with van der Waals surface area (Å²) in [6.07, 6.45) is 20.3. The van der Waals surface area contributed by atoms with Gasteiger partial charge in [0.1, 0.15) is 11.7 Å². The number of carbonyl (C=O) groups excluding carboxylic acids is 2. The Hall–Kier alpha value is -0.860. The number of esters is 1. The molecule has 0 aliphatic heterocycles. The second kappa shape index (κ2) is 19.9. The smallest absolute Gasteiger partial charge is 0.316 e. The summed E-state index contributed by atoms with van der Waals surface area (Å²) in [5.41, 5.74) is 0. The molecule has 1 unspecified atom stereocenters. The predicted molar refractivity (Wildman–Crippen MR) is 115 cm³/mol. The Morgan fingerprint density at radius 3 is 1.48 bits per heavy atom. The molecule has 0 heterocycles. The van der Waals surface area contributed by atoms with Gasteiger partial charge < -0.3 is 4.74 Å². The van der Waals surface area contributed by atoms with E-state index in [4.69, 9.17) is 4.74 Å². The van der Waals surface area contributed by atoms with Crippen LogP contribution in [0, 0.1) is 5.92 Å². The molecule has 0 N–H and O–H groups in total. The number of hydrogen-bond acceptors (Lipinski definition) is 3. The lowest BCUT2D eigenvalue weighted by atomic mass is 9.97. The van der Waals surface area contributed by atoms with Crippen LogP contribution < -0.4 is 0 Å². The van der Waals surface area contributed by atoms with Crippen molar-refractivity contribution in [1.82, 2.24) is 0 Å². The van der Waals surface area contributed by atoms with Crippen molar-refractivity contribution >= 4 is 11.8 Å². The van der Waals surface area contributed by atoms with Crippen LogP contribution in [0.3, 0.4) is 0 Å². The molecule has 0 fully saturated rings. The largest absolute Gasteiger partial charge is 0.465 e. The number of Topliss-reactive ketones (excluding diaryl/α,β-unsaturated/α-hetero) is 1. The van der Waals surface area contributed by atoms with Gasteiger partial charge in [-0.25, -0.2) is 0 Å². The molecule has 0 aliphatic carbocycles. The average molecular weight is 383 g/mol. The van der Waals surface area contributed by atoms with Gasteiger partial charge in [-0.05, 0) is 19.8 Å². The molecule has 0 bridgehead atoms. The normalized spacial score (nSPS) is 12.1. The SMILES string of the molecule is CCCCCCCCCCCCC(C(C)=O)C(=O)OCCCCCCCC. The minimum absolute atomic E-state index is 0.0427. The zero-order chi connectivity index (χ0) is 20.2. The predicted octanol–water partition coefficient (Wildman–Crippen LogP) is 7.41. The quantitative estimate of drug-likeness (QED) is 0.125. The molecule has 0 saturated heterocycles. The lowest BCUT2D eigenvalue weighted by Crippen LogP contribution is -2.24. The van der Waals surface area contributed by atoms with E-state index in [1.807, 2.05) is 0 Å². The van der Waals surface area contributed by atoms with Gasteiger partial charge in [-0.15, -0.1) is 0 Å².